The molecule has 1 aliphatic rings. The van der Waals surface area contributed by atoms with Crippen molar-refractivity contribution in [3.8, 4) is 22.8 Å². The molecule has 5 aromatic heterocycles. The van der Waals surface area contributed by atoms with Crippen LogP contribution in [0.1, 0.15) is 45.4 Å². The minimum atomic E-state index is -0.495. The highest BCUT2D eigenvalue weighted by atomic mass is 32.1. The summed E-state index contributed by atoms with van der Waals surface area (Å²) in [6.07, 6.45) is 6.20. The first-order valence-electron chi connectivity index (χ1n) is 15.3. The zero-order valence-corrected chi connectivity index (χ0v) is 28.4. The van der Waals surface area contributed by atoms with Gasteiger partial charge in [-0.25, -0.2) is 19.6 Å². The molecule has 0 saturated heterocycles. The van der Waals surface area contributed by atoms with Gasteiger partial charge in [-0.1, -0.05) is 39.0 Å². The summed E-state index contributed by atoms with van der Waals surface area (Å²) in [6, 6.07) is 0. The van der Waals surface area contributed by atoms with Crippen molar-refractivity contribution < 1.29 is 0 Å². The summed E-state index contributed by atoms with van der Waals surface area (Å²) in [5.41, 5.74) is 2.04. The minimum Gasteiger partial charge on any atom is -0.321 e. The number of unbranched alkanes of at least 4 members (excludes halogenated alkanes) is 5. The van der Waals surface area contributed by atoms with Crippen LogP contribution in [-0.4, -0.2) is 46.1 Å². The van der Waals surface area contributed by atoms with Gasteiger partial charge in [0, 0.05) is 41.8 Å². The van der Waals surface area contributed by atoms with Gasteiger partial charge in [0.05, 0.1) is 34.2 Å². The Hall–Kier alpha value is -4.84. The van der Waals surface area contributed by atoms with Crippen LogP contribution in [0.3, 0.4) is 0 Å². The normalized spacial score (nSPS) is 12.6. The third-order valence-electron chi connectivity index (χ3n) is 8.94. The molecule has 0 N–H and O–H groups in total. The van der Waals surface area contributed by atoms with Gasteiger partial charge in [-0.3, -0.25) is 27.9 Å². The molecule has 244 valence electrons. The van der Waals surface area contributed by atoms with E-state index in [1.807, 2.05) is 0 Å². The predicted octanol–water partition coefficient (Wildman–Crippen LogP) is 3.14. The maximum absolute atomic E-state index is 13.8. The lowest BCUT2D eigenvalue weighted by atomic mass is 10.0. The second-order valence-electron chi connectivity index (χ2n) is 11.8. The molecule has 47 heavy (non-hydrogen) atoms. The van der Waals surface area contributed by atoms with Crippen LogP contribution in [0.2, 0.25) is 0 Å². The molecule has 0 radical (unpaired) electrons. The number of nitrogens with zero attached hydrogens (tertiary/aromatic N) is 12. The minimum absolute atomic E-state index is 0.223. The lowest BCUT2D eigenvalue weighted by Crippen LogP contribution is -2.39. The Kier molecular flexibility index (Phi) is 7.50. The number of hydrogen-bond donors (Lipinski definition) is 0. The van der Waals surface area contributed by atoms with Gasteiger partial charge >= 0.3 is 11.4 Å². The van der Waals surface area contributed by atoms with Crippen LogP contribution in [0.15, 0.2) is 27.9 Å². The van der Waals surface area contributed by atoms with Gasteiger partial charge in [-0.2, -0.15) is 17.5 Å². The average molecular weight is 677 g/mol. The standard InChI is InChI=1S/C29H32N12O4S2/c1-7-8-9-10-11-12-13-41-27(43)21-25(39(5)29(41)45)31-23(37(21)3)15-18-16(32-46-34-18)14(17-19(15)35-47-33-17)22-30-24-20(36(22)2)26(42)40(6)28(44)38(24)4/h7-13H2,1-6H3. The first-order chi connectivity index (χ1) is 22.6. The number of fused-ring (bicyclic) bond motifs is 4. The van der Waals surface area contributed by atoms with E-state index in [1.165, 1.54) is 27.2 Å². The van der Waals surface area contributed by atoms with Gasteiger partial charge in [-0.15, -0.1) is 0 Å². The number of benzene rings is 1. The second kappa shape index (κ2) is 11.4. The van der Waals surface area contributed by atoms with E-state index in [0.29, 0.717) is 51.7 Å². The van der Waals surface area contributed by atoms with E-state index in [4.69, 9.17) is 9.97 Å². The van der Waals surface area contributed by atoms with Crippen LogP contribution in [0.25, 0.3) is 56.1 Å². The van der Waals surface area contributed by atoms with E-state index in [2.05, 4.69) is 24.4 Å². The van der Waals surface area contributed by atoms with Crippen molar-refractivity contribution in [2.45, 2.75) is 52.0 Å². The molecule has 0 atom stereocenters. The van der Waals surface area contributed by atoms with Crippen LogP contribution in [0.5, 0.6) is 0 Å². The molecule has 0 unspecified atom stereocenters. The maximum Gasteiger partial charge on any atom is 0.332 e. The summed E-state index contributed by atoms with van der Waals surface area (Å²) >= 11 is 1.96. The third kappa shape index (κ3) is 4.45. The van der Waals surface area contributed by atoms with Crippen molar-refractivity contribution in [3.05, 3.63) is 41.7 Å². The van der Waals surface area contributed by atoms with Gasteiger partial charge < -0.3 is 9.13 Å². The topological polar surface area (TPSA) is 174 Å². The van der Waals surface area contributed by atoms with Crippen LogP contribution in [0.4, 0.5) is 11.4 Å². The highest BCUT2D eigenvalue weighted by molar-refractivity contribution is 7.58. The average Bonchev–Trinajstić information content (AvgIpc) is 3.86. The Morgan fingerprint density at radius 2 is 1.11 bits per heavy atom. The summed E-state index contributed by atoms with van der Waals surface area (Å²) < 4.78 is 26.8. The number of rotatable bonds is 9. The van der Waals surface area contributed by atoms with E-state index in [9.17, 15) is 19.2 Å². The van der Waals surface area contributed by atoms with Crippen molar-refractivity contribution in [2.75, 3.05) is 0 Å². The first kappa shape index (κ1) is 30.8. The van der Waals surface area contributed by atoms with Crippen LogP contribution >= 0.6 is 11.7 Å². The summed E-state index contributed by atoms with van der Waals surface area (Å²) in [7, 11) is 8.03. The quantitative estimate of drug-likeness (QED) is 0.210. The summed E-state index contributed by atoms with van der Waals surface area (Å²) in [5, 5.41) is 0. The van der Waals surface area contributed by atoms with Crippen molar-refractivity contribution in [2.24, 2.45) is 44.0 Å². The molecular weight excluding hydrogens is 645 g/mol. The Morgan fingerprint density at radius 1 is 0.596 bits per heavy atom. The largest absolute Gasteiger partial charge is 0.332 e. The summed E-state index contributed by atoms with van der Waals surface area (Å²) in [5.74, 6) is 0.748. The molecule has 18 heteroatoms. The smallest absolute Gasteiger partial charge is 0.321 e. The van der Waals surface area contributed by atoms with Gasteiger partial charge in [0.2, 0.25) is 0 Å². The Morgan fingerprint density at radius 3 is 1.68 bits per heavy atom. The fourth-order valence-corrected chi connectivity index (χ4v) is 7.46. The van der Waals surface area contributed by atoms with Crippen molar-refractivity contribution >= 4 is 67.8 Å². The molecule has 1 aliphatic heterocycles. The van der Waals surface area contributed by atoms with Gasteiger partial charge in [0.15, 0.2) is 22.3 Å². The number of aryl methyl sites for hydroxylation is 4. The maximum atomic E-state index is 13.8. The first-order valence-corrected chi connectivity index (χ1v) is 16.7. The fraction of sp³-hybridized carbons (Fsp3) is 0.448. The molecule has 0 aliphatic carbocycles. The molecule has 0 bridgehead atoms. The van der Waals surface area contributed by atoms with E-state index in [0.717, 1.165) is 59.8 Å². The fourth-order valence-electron chi connectivity index (χ4n) is 6.34. The Balaban J connectivity index is 1.43. The third-order valence-corrected chi connectivity index (χ3v) is 10.00. The molecule has 0 fully saturated rings. The monoisotopic (exact) mass is 676 g/mol. The Bertz CT molecular complexity index is 2610. The Labute approximate surface area is 273 Å². The second-order valence-corrected chi connectivity index (χ2v) is 12.8. The molecule has 1 aromatic carbocycles. The molecule has 0 spiro atoms. The van der Waals surface area contributed by atoms with Gasteiger partial charge in [-0.05, 0) is 6.42 Å². The van der Waals surface area contributed by atoms with Crippen molar-refractivity contribution in [3.63, 3.8) is 0 Å². The van der Waals surface area contributed by atoms with Crippen LogP contribution < -0.4 is 22.5 Å². The van der Waals surface area contributed by atoms with Crippen LogP contribution in [-0.2, 0) is 53.1 Å². The lowest BCUT2D eigenvalue weighted by Gasteiger charge is -2.11. The molecular formula is C29H32N12O4S2. The van der Waals surface area contributed by atoms with Crippen LogP contribution in [0, 0.1) is 0 Å². The van der Waals surface area contributed by atoms with Gasteiger partial charge in [0.1, 0.15) is 34.1 Å². The highest BCUT2D eigenvalue weighted by Gasteiger charge is 2.32. The molecule has 7 rings (SSSR count). The van der Waals surface area contributed by atoms with Crippen molar-refractivity contribution in [1.29, 1.82) is 0 Å². The molecule has 6 aromatic rings. The lowest BCUT2D eigenvalue weighted by molar-refractivity contribution is 0.526. The number of hydrogen-bond acceptors (Lipinski definition) is 11. The van der Waals surface area contributed by atoms with Gasteiger partial charge in [0.25, 0.3) is 11.1 Å². The molecule has 16 nitrogen and oxygen atoms in total. The molecule has 0 saturated carbocycles. The predicted molar refractivity (Wildman–Crippen MR) is 182 cm³/mol. The SMILES string of the molecule is CCCCCCCCn1c(=O)c2c(nc(-c3c4c(c(-c5nc6c(c(=O)n(C)c(=O)n6C)n5C)c5nsnc35)N=S=N4)n2C)n(C)c1=O. The molecule has 6 heterocycles. The number of aromatic nitrogens is 10. The van der Waals surface area contributed by atoms with E-state index >= 15 is 0 Å². The zero-order chi connectivity index (χ0) is 33.3. The highest BCUT2D eigenvalue weighted by Crippen LogP contribution is 2.51. The summed E-state index contributed by atoms with van der Waals surface area (Å²) in [6.45, 7) is 2.49. The molecule has 0 amide bonds. The van der Waals surface area contributed by atoms with E-state index in [-0.39, 0.29) is 22.3 Å². The summed E-state index contributed by atoms with van der Waals surface area (Å²) in [4.78, 5) is 62.5. The van der Waals surface area contributed by atoms with E-state index < -0.39 is 22.5 Å². The number of imidazole rings is 2. The van der Waals surface area contributed by atoms with Crippen molar-refractivity contribution in [1.82, 2.24) is 46.1 Å². The zero-order valence-electron chi connectivity index (χ0n) is 26.8. The van der Waals surface area contributed by atoms with E-state index in [1.54, 1.807) is 37.3 Å².